The first kappa shape index (κ1) is 15.3. The number of benzene rings is 1. The molecule has 0 saturated heterocycles. The normalized spacial score (nSPS) is 10.0. The van der Waals surface area contributed by atoms with Crippen LogP contribution in [0.3, 0.4) is 0 Å². The zero-order chi connectivity index (χ0) is 14.3. The lowest BCUT2D eigenvalue weighted by Crippen LogP contribution is -2.30. The monoisotopic (exact) mass is 285 g/mol. The van der Waals surface area contributed by atoms with E-state index in [1.807, 2.05) is 13.0 Å². The number of hydrogen-bond donors (Lipinski definition) is 2. The third kappa shape index (κ3) is 5.61. The maximum absolute atomic E-state index is 11.5. The highest BCUT2D eigenvalue weighted by atomic mass is 35.5. The smallest absolute Gasteiger partial charge is 0.303 e. The van der Waals surface area contributed by atoms with Crippen molar-refractivity contribution in [3.05, 3.63) is 28.8 Å². The Morgan fingerprint density at radius 1 is 1.42 bits per heavy atom. The second kappa shape index (κ2) is 7.63. The zero-order valence-corrected chi connectivity index (χ0v) is 11.4. The van der Waals surface area contributed by atoms with Crippen LogP contribution < -0.4 is 10.1 Å². The number of carbonyl (C=O) groups is 2. The minimum Gasteiger partial charge on any atom is -0.482 e. The lowest BCUT2D eigenvalue weighted by atomic mass is 10.2. The average Bonchev–Trinajstić information content (AvgIpc) is 2.34. The molecule has 0 saturated carbocycles. The molecule has 0 aliphatic heterocycles. The number of carboxylic acids is 1. The summed E-state index contributed by atoms with van der Waals surface area (Å²) in [5.74, 6) is -0.688. The Bertz CT molecular complexity index is 442. The highest BCUT2D eigenvalue weighted by Gasteiger charge is 2.08. The minimum atomic E-state index is -0.878. The van der Waals surface area contributed by atoms with E-state index in [9.17, 15) is 9.59 Å². The van der Waals surface area contributed by atoms with Gasteiger partial charge in [-0.3, -0.25) is 9.59 Å². The van der Waals surface area contributed by atoms with Crippen molar-refractivity contribution in [1.82, 2.24) is 5.32 Å². The fraction of sp³-hybridized carbons (Fsp3) is 0.385. The number of nitrogens with one attached hydrogen (secondary N) is 1. The molecular weight excluding hydrogens is 270 g/mol. The van der Waals surface area contributed by atoms with Crippen LogP contribution in [0.5, 0.6) is 5.75 Å². The number of halogens is 1. The Hall–Kier alpha value is -1.75. The van der Waals surface area contributed by atoms with Gasteiger partial charge in [0.2, 0.25) is 0 Å². The topological polar surface area (TPSA) is 75.6 Å². The number of aliphatic carboxylic acids is 1. The lowest BCUT2D eigenvalue weighted by molar-refractivity contribution is -0.137. The molecule has 0 aliphatic carbocycles. The number of rotatable bonds is 7. The van der Waals surface area contributed by atoms with Crippen LogP contribution in [0.25, 0.3) is 0 Å². The standard InChI is InChI=1S/C13H16ClNO4/c1-9-4-2-5-10(14)13(9)19-8-11(16)15-7-3-6-12(17)18/h2,4-5H,3,6-8H2,1H3,(H,15,16)(H,17,18). The molecule has 0 heterocycles. The largest absolute Gasteiger partial charge is 0.482 e. The average molecular weight is 286 g/mol. The Labute approximate surface area is 116 Å². The summed E-state index contributed by atoms with van der Waals surface area (Å²) in [6.07, 6.45) is 0.428. The Balaban J connectivity index is 2.32. The van der Waals surface area contributed by atoms with Gasteiger partial charge >= 0.3 is 5.97 Å². The van der Waals surface area contributed by atoms with E-state index in [2.05, 4.69) is 5.32 Å². The molecule has 0 bridgehead atoms. The molecule has 0 fully saturated rings. The van der Waals surface area contributed by atoms with Crippen molar-refractivity contribution in [2.45, 2.75) is 19.8 Å². The molecule has 0 unspecified atom stereocenters. The van der Waals surface area contributed by atoms with Gasteiger partial charge in [-0.15, -0.1) is 0 Å². The summed E-state index contributed by atoms with van der Waals surface area (Å²) in [4.78, 5) is 21.7. The van der Waals surface area contributed by atoms with Crippen molar-refractivity contribution in [1.29, 1.82) is 0 Å². The maximum Gasteiger partial charge on any atom is 0.303 e. The summed E-state index contributed by atoms with van der Waals surface area (Å²) < 4.78 is 5.35. The van der Waals surface area contributed by atoms with Gasteiger partial charge in [-0.25, -0.2) is 0 Å². The summed E-state index contributed by atoms with van der Waals surface area (Å²) in [5, 5.41) is 11.5. The van der Waals surface area contributed by atoms with Crippen molar-refractivity contribution in [2.75, 3.05) is 13.2 Å². The number of amides is 1. The summed E-state index contributed by atoms with van der Waals surface area (Å²) in [6.45, 7) is 2.01. The van der Waals surface area contributed by atoms with Gasteiger partial charge in [0.25, 0.3) is 5.91 Å². The SMILES string of the molecule is Cc1cccc(Cl)c1OCC(=O)NCCCC(=O)O. The Morgan fingerprint density at radius 3 is 2.79 bits per heavy atom. The molecule has 0 atom stereocenters. The van der Waals surface area contributed by atoms with Crippen molar-refractivity contribution < 1.29 is 19.4 Å². The van der Waals surface area contributed by atoms with Crippen molar-refractivity contribution >= 4 is 23.5 Å². The number of aryl methyl sites for hydroxylation is 1. The molecule has 1 aromatic rings. The third-order valence-electron chi connectivity index (χ3n) is 2.40. The van der Waals surface area contributed by atoms with Gasteiger partial charge < -0.3 is 15.2 Å². The van der Waals surface area contributed by atoms with Crippen LogP contribution in [0.1, 0.15) is 18.4 Å². The molecule has 1 rings (SSSR count). The van der Waals surface area contributed by atoms with Crippen LogP contribution in [-0.2, 0) is 9.59 Å². The van der Waals surface area contributed by atoms with Gasteiger partial charge in [-0.05, 0) is 25.0 Å². The number of para-hydroxylation sites is 1. The Morgan fingerprint density at radius 2 is 2.16 bits per heavy atom. The highest BCUT2D eigenvalue weighted by Crippen LogP contribution is 2.27. The zero-order valence-electron chi connectivity index (χ0n) is 10.6. The molecule has 19 heavy (non-hydrogen) atoms. The van der Waals surface area contributed by atoms with E-state index in [1.54, 1.807) is 12.1 Å². The van der Waals surface area contributed by atoms with Gasteiger partial charge in [-0.1, -0.05) is 23.7 Å². The molecule has 1 amide bonds. The quantitative estimate of drug-likeness (QED) is 0.752. The van der Waals surface area contributed by atoms with Crippen LogP contribution in [0.2, 0.25) is 5.02 Å². The number of carbonyl (C=O) groups excluding carboxylic acids is 1. The molecule has 5 nitrogen and oxygen atoms in total. The summed E-state index contributed by atoms with van der Waals surface area (Å²) in [5.41, 5.74) is 0.853. The first-order valence-electron chi connectivity index (χ1n) is 5.87. The first-order chi connectivity index (χ1) is 9.00. The summed E-state index contributed by atoms with van der Waals surface area (Å²) >= 11 is 5.95. The molecule has 0 aromatic heterocycles. The van der Waals surface area contributed by atoms with E-state index in [4.69, 9.17) is 21.4 Å². The number of hydrogen-bond acceptors (Lipinski definition) is 3. The van der Waals surface area contributed by atoms with E-state index in [-0.39, 0.29) is 18.9 Å². The third-order valence-corrected chi connectivity index (χ3v) is 2.70. The molecule has 0 spiro atoms. The number of ether oxygens (including phenoxy) is 1. The van der Waals surface area contributed by atoms with Crippen molar-refractivity contribution in [3.63, 3.8) is 0 Å². The Kier molecular flexibility index (Phi) is 6.15. The van der Waals surface area contributed by atoms with Crippen molar-refractivity contribution in [3.8, 4) is 5.75 Å². The van der Waals surface area contributed by atoms with Crippen LogP contribution in [0.15, 0.2) is 18.2 Å². The minimum absolute atomic E-state index is 0.0325. The second-order valence-corrected chi connectivity index (χ2v) is 4.43. The second-order valence-electron chi connectivity index (χ2n) is 4.02. The molecule has 1 aromatic carbocycles. The van der Waals surface area contributed by atoms with Gasteiger partial charge in [0.15, 0.2) is 6.61 Å². The van der Waals surface area contributed by atoms with E-state index in [0.717, 1.165) is 5.56 Å². The molecule has 104 valence electrons. The van der Waals surface area contributed by atoms with Gasteiger partial charge in [0.05, 0.1) is 5.02 Å². The number of carboxylic acid groups (broad SMARTS) is 1. The molecule has 0 radical (unpaired) electrons. The molecule has 2 N–H and O–H groups in total. The van der Waals surface area contributed by atoms with Crippen LogP contribution in [0.4, 0.5) is 0 Å². The van der Waals surface area contributed by atoms with E-state index in [0.29, 0.717) is 23.7 Å². The maximum atomic E-state index is 11.5. The predicted molar refractivity (Wildman–Crippen MR) is 71.6 cm³/mol. The lowest BCUT2D eigenvalue weighted by Gasteiger charge is -2.10. The summed E-state index contributed by atoms with van der Waals surface area (Å²) in [6, 6.07) is 5.33. The summed E-state index contributed by atoms with van der Waals surface area (Å²) in [7, 11) is 0. The van der Waals surface area contributed by atoms with Crippen LogP contribution in [0, 0.1) is 6.92 Å². The fourth-order valence-electron chi connectivity index (χ4n) is 1.46. The van der Waals surface area contributed by atoms with E-state index in [1.165, 1.54) is 0 Å². The first-order valence-corrected chi connectivity index (χ1v) is 6.25. The van der Waals surface area contributed by atoms with Gasteiger partial charge in [0, 0.05) is 13.0 Å². The molecule has 6 heteroatoms. The predicted octanol–water partition coefficient (Wildman–Crippen LogP) is 2.01. The fourth-order valence-corrected chi connectivity index (χ4v) is 1.73. The molecular formula is C13H16ClNO4. The molecule has 0 aliphatic rings. The highest BCUT2D eigenvalue weighted by molar-refractivity contribution is 6.32. The van der Waals surface area contributed by atoms with Gasteiger partial charge in [0.1, 0.15) is 5.75 Å². The van der Waals surface area contributed by atoms with Gasteiger partial charge in [-0.2, -0.15) is 0 Å². The van der Waals surface area contributed by atoms with Crippen LogP contribution in [-0.4, -0.2) is 30.1 Å². The van der Waals surface area contributed by atoms with E-state index >= 15 is 0 Å². The van der Waals surface area contributed by atoms with Crippen molar-refractivity contribution in [2.24, 2.45) is 0 Å². The van der Waals surface area contributed by atoms with Crippen LogP contribution >= 0.6 is 11.6 Å². The van der Waals surface area contributed by atoms with E-state index < -0.39 is 5.97 Å².